The van der Waals surface area contributed by atoms with Gasteiger partial charge in [0.1, 0.15) is 6.10 Å². The van der Waals surface area contributed by atoms with Gasteiger partial charge in [-0.3, -0.25) is 4.79 Å². The van der Waals surface area contributed by atoms with Gasteiger partial charge in [-0.15, -0.1) is 0 Å². The van der Waals surface area contributed by atoms with Gasteiger partial charge in [-0.25, -0.2) is 4.39 Å². The molecule has 3 nitrogen and oxygen atoms in total. The number of halogens is 1. The third-order valence-corrected chi connectivity index (χ3v) is 3.26. The molecule has 0 amide bonds. The molecule has 0 N–H and O–H groups in total. The smallest absolute Gasteiger partial charge is 0.170 e. The standard InChI is InChI=1S/C17H17FO3/c1-20-15-10-6-9-13(16(15)18)11-14(19)17(21-2)12-7-4-3-5-8-12/h3-10,17H,11H2,1-2H3. The summed E-state index contributed by atoms with van der Waals surface area (Å²) < 4.78 is 24.3. The number of Topliss-reactive ketones (excluding diaryl/α,β-unsaturated/α-hetero) is 1. The third-order valence-electron chi connectivity index (χ3n) is 3.26. The van der Waals surface area contributed by atoms with Crippen LogP contribution in [0.1, 0.15) is 17.2 Å². The first-order chi connectivity index (χ1) is 10.2. The maximum Gasteiger partial charge on any atom is 0.170 e. The number of ketones is 1. The van der Waals surface area contributed by atoms with Crippen LogP contribution >= 0.6 is 0 Å². The molecule has 0 radical (unpaired) electrons. The van der Waals surface area contributed by atoms with Gasteiger partial charge in [0, 0.05) is 13.5 Å². The van der Waals surface area contributed by atoms with E-state index >= 15 is 0 Å². The fraction of sp³-hybridized carbons (Fsp3) is 0.235. The molecule has 4 heteroatoms. The SMILES string of the molecule is COc1cccc(CC(=O)C(OC)c2ccccc2)c1F. The van der Waals surface area contributed by atoms with Gasteiger partial charge in [-0.1, -0.05) is 42.5 Å². The molecule has 0 aromatic heterocycles. The number of ether oxygens (including phenoxy) is 2. The molecule has 1 unspecified atom stereocenters. The predicted molar refractivity (Wildman–Crippen MR) is 77.9 cm³/mol. The van der Waals surface area contributed by atoms with Gasteiger partial charge in [-0.05, 0) is 17.2 Å². The van der Waals surface area contributed by atoms with E-state index in [1.165, 1.54) is 20.3 Å². The second-order valence-corrected chi connectivity index (χ2v) is 4.60. The minimum atomic E-state index is -0.697. The van der Waals surface area contributed by atoms with Crippen LogP contribution in [0.5, 0.6) is 5.75 Å². The molecule has 2 aromatic carbocycles. The molecule has 21 heavy (non-hydrogen) atoms. The van der Waals surface area contributed by atoms with Crippen molar-refractivity contribution in [3.05, 3.63) is 65.5 Å². The molecular weight excluding hydrogens is 271 g/mol. The average Bonchev–Trinajstić information content (AvgIpc) is 2.51. The van der Waals surface area contributed by atoms with Gasteiger partial charge in [0.05, 0.1) is 7.11 Å². The summed E-state index contributed by atoms with van der Waals surface area (Å²) in [5.74, 6) is -0.568. The summed E-state index contributed by atoms with van der Waals surface area (Å²) in [4.78, 5) is 12.4. The molecule has 0 bridgehead atoms. The Morgan fingerprint density at radius 1 is 1.10 bits per heavy atom. The lowest BCUT2D eigenvalue weighted by molar-refractivity contribution is -0.128. The molecule has 2 rings (SSSR count). The number of carbonyl (C=O) groups is 1. The normalized spacial score (nSPS) is 12.0. The van der Waals surface area contributed by atoms with Gasteiger partial charge < -0.3 is 9.47 Å². The Kier molecular flexibility index (Phi) is 5.06. The van der Waals surface area contributed by atoms with Crippen LogP contribution in [0.4, 0.5) is 4.39 Å². The summed E-state index contributed by atoms with van der Waals surface area (Å²) in [5, 5.41) is 0. The highest BCUT2D eigenvalue weighted by Gasteiger charge is 2.22. The van der Waals surface area contributed by atoms with E-state index in [0.29, 0.717) is 5.56 Å². The number of carbonyl (C=O) groups excluding carboxylic acids is 1. The molecule has 0 spiro atoms. The van der Waals surface area contributed by atoms with E-state index in [2.05, 4.69) is 0 Å². The number of hydrogen-bond acceptors (Lipinski definition) is 3. The van der Waals surface area contributed by atoms with Crippen LogP contribution in [0.15, 0.2) is 48.5 Å². The zero-order valence-electron chi connectivity index (χ0n) is 12.0. The first-order valence-electron chi connectivity index (χ1n) is 6.59. The fourth-order valence-electron chi connectivity index (χ4n) is 2.21. The minimum absolute atomic E-state index is 0.0452. The molecule has 0 aliphatic rings. The quantitative estimate of drug-likeness (QED) is 0.818. The van der Waals surface area contributed by atoms with Crippen molar-refractivity contribution in [1.82, 2.24) is 0 Å². The molecule has 1 atom stereocenters. The molecular formula is C17H17FO3. The van der Waals surface area contributed by atoms with Crippen LogP contribution in [0, 0.1) is 5.82 Å². The van der Waals surface area contributed by atoms with Crippen LogP contribution in [0.3, 0.4) is 0 Å². The zero-order valence-corrected chi connectivity index (χ0v) is 12.0. The molecule has 0 fully saturated rings. The highest BCUT2D eigenvalue weighted by Crippen LogP contribution is 2.24. The van der Waals surface area contributed by atoms with Crippen LogP contribution in [0.2, 0.25) is 0 Å². The molecule has 2 aromatic rings. The first-order valence-corrected chi connectivity index (χ1v) is 6.59. The predicted octanol–water partition coefficient (Wildman–Crippen LogP) is 3.33. The van der Waals surface area contributed by atoms with E-state index in [-0.39, 0.29) is 18.0 Å². The summed E-state index contributed by atoms with van der Waals surface area (Å²) in [6.07, 6.45) is -0.743. The molecule has 0 aliphatic carbocycles. The number of hydrogen-bond donors (Lipinski definition) is 0. The zero-order chi connectivity index (χ0) is 15.2. The van der Waals surface area contributed by atoms with E-state index in [4.69, 9.17) is 9.47 Å². The van der Waals surface area contributed by atoms with Crippen molar-refractivity contribution in [2.45, 2.75) is 12.5 Å². The Hall–Kier alpha value is -2.20. The summed E-state index contributed by atoms with van der Waals surface area (Å²) in [6, 6.07) is 13.9. The van der Waals surface area contributed by atoms with Crippen LogP contribution < -0.4 is 4.74 Å². The van der Waals surface area contributed by atoms with E-state index in [9.17, 15) is 9.18 Å². The Labute approximate surface area is 123 Å². The summed E-state index contributed by atoms with van der Waals surface area (Å²) in [5.41, 5.74) is 1.06. The molecule has 0 saturated carbocycles. The lowest BCUT2D eigenvalue weighted by Crippen LogP contribution is -2.17. The molecule has 0 saturated heterocycles. The van der Waals surface area contributed by atoms with Gasteiger partial charge in [0.15, 0.2) is 17.3 Å². The van der Waals surface area contributed by atoms with Gasteiger partial charge >= 0.3 is 0 Å². The van der Waals surface area contributed by atoms with Crippen molar-refractivity contribution in [2.75, 3.05) is 14.2 Å². The summed E-state index contributed by atoms with van der Waals surface area (Å²) in [7, 11) is 2.86. The van der Waals surface area contributed by atoms with Gasteiger partial charge in [0.2, 0.25) is 0 Å². The second kappa shape index (κ2) is 6.99. The summed E-state index contributed by atoms with van der Waals surface area (Å²) >= 11 is 0. The number of rotatable bonds is 6. The molecule has 110 valence electrons. The van der Waals surface area contributed by atoms with Crippen molar-refractivity contribution in [3.8, 4) is 5.75 Å². The van der Waals surface area contributed by atoms with Crippen molar-refractivity contribution in [1.29, 1.82) is 0 Å². The van der Waals surface area contributed by atoms with Crippen LogP contribution in [-0.4, -0.2) is 20.0 Å². The van der Waals surface area contributed by atoms with E-state index in [1.54, 1.807) is 12.1 Å². The van der Waals surface area contributed by atoms with Gasteiger partial charge in [-0.2, -0.15) is 0 Å². The Balaban J connectivity index is 2.21. The Morgan fingerprint density at radius 3 is 2.43 bits per heavy atom. The first kappa shape index (κ1) is 15.2. The lowest BCUT2D eigenvalue weighted by Gasteiger charge is -2.15. The fourth-order valence-corrected chi connectivity index (χ4v) is 2.21. The topological polar surface area (TPSA) is 35.5 Å². The maximum atomic E-state index is 14.1. The van der Waals surface area contributed by atoms with E-state index < -0.39 is 11.9 Å². The molecule has 0 heterocycles. The van der Waals surface area contributed by atoms with Crippen LogP contribution in [0.25, 0.3) is 0 Å². The lowest BCUT2D eigenvalue weighted by atomic mass is 9.99. The minimum Gasteiger partial charge on any atom is -0.494 e. The highest BCUT2D eigenvalue weighted by atomic mass is 19.1. The summed E-state index contributed by atoms with van der Waals surface area (Å²) in [6.45, 7) is 0. The number of benzene rings is 2. The largest absolute Gasteiger partial charge is 0.494 e. The number of methoxy groups -OCH3 is 2. The van der Waals surface area contributed by atoms with Gasteiger partial charge in [0.25, 0.3) is 0 Å². The monoisotopic (exact) mass is 288 g/mol. The third kappa shape index (κ3) is 3.47. The highest BCUT2D eigenvalue weighted by molar-refractivity contribution is 5.86. The molecule has 0 aliphatic heterocycles. The maximum absolute atomic E-state index is 14.1. The van der Waals surface area contributed by atoms with Crippen molar-refractivity contribution >= 4 is 5.78 Å². The van der Waals surface area contributed by atoms with E-state index in [1.807, 2.05) is 30.3 Å². The van der Waals surface area contributed by atoms with Crippen molar-refractivity contribution < 1.29 is 18.7 Å². The van der Waals surface area contributed by atoms with Crippen molar-refractivity contribution in [2.24, 2.45) is 0 Å². The van der Waals surface area contributed by atoms with Crippen LogP contribution in [-0.2, 0) is 16.0 Å². The Bertz CT molecular complexity index is 611. The van der Waals surface area contributed by atoms with E-state index in [0.717, 1.165) is 5.56 Å². The van der Waals surface area contributed by atoms with Crippen molar-refractivity contribution in [3.63, 3.8) is 0 Å². The average molecular weight is 288 g/mol. The second-order valence-electron chi connectivity index (χ2n) is 4.60. The Morgan fingerprint density at radius 2 is 1.81 bits per heavy atom.